The molecule has 3 heterocycles. The van der Waals surface area contributed by atoms with Gasteiger partial charge in [-0.3, -0.25) is 4.79 Å². The molecule has 0 bridgehead atoms. The van der Waals surface area contributed by atoms with Gasteiger partial charge in [-0.15, -0.1) is 0 Å². The normalized spacial score (nSPS) is 17.1. The lowest BCUT2D eigenvalue weighted by atomic mass is 10.2. The van der Waals surface area contributed by atoms with Gasteiger partial charge in [-0.2, -0.15) is 0 Å². The summed E-state index contributed by atoms with van der Waals surface area (Å²) in [5.41, 5.74) is 2.76. The lowest BCUT2D eigenvalue weighted by Gasteiger charge is -2.22. The Balaban J connectivity index is 1.72. The first kappa shape index (κ1) is 17.3. The van der Waals surface area contributed by atoms with E-state index < -0.39 is 0 Å². The number of anilines is 1. The van der Waals surface area contributed by atoms with Gasteiger partial charge in [0.15, 0.2) is 0 Å². The SMILES string of the molecule is Cc1nc(C(=O)N(C)C)nc(N2CC[C@@H](NCc3ccon3)C2)c1C. The van der Waals surface area contributed by atoms with Crippen molar-refractivity contribution in [3.63, 3.8) is 0 Å². The minimum absolute atomic E-state index is 0.177. The van der Waals surface area contributed by atoms with E-state index >= 15 is 0 Å². The Labute approximate surface area is 147 Å². The fourth-order valence-corrected chi connectivity index (χ4v) is 2.91. The van der Waals surface area contributed by atoms with Crippen LogP contribution in [0.15, 0.2) is 16.9 Å². The minimum Gasteiger partial charge on any atom is -0.364 e. The van der Waals surface area contributed by atoms with Crippen LogP contribution in [-0.2, 0) is 6.54 Å². The number of carbonyl (C=O) groups is 1. The van der Waals surface area contributed by atoms with Crippen molar-refractivity contribution in [2.24, 2.45) is 0 Å². The number of hydrogen-bond donors (Lipinski definition) is 1. The molecule has 8 heteroatoms. The summed E-state index contributed by atoms with van der Waals surface area (Å²) in [6.45, 7) is 6.34. The molecule has 1 saturated heterocycles. The van der Waals surface area contributed by atoms with Crippen LogP contribution in [0.25, 0.3) is 0 Å². The smallest absolute Gasteiger partial charge is 0.291 e. The first-order valence-electron chi connectivity index (χ1n) is 8.40. The Morgan fingerprint density at radius 2 is 2.20 bits per heavy atom. The topological polar surface area (TPSA) is 87.4 Å². The van der Waals surface area contributed by atoms with Crippen LogP contribution in [0.5, 0.6) is 0 Å². The quantitative estimate of drug-likeness (QED) is 0.870. The Kier molecular flexibility index (Phi) is 4.98. The molecule has 0 aromatic carbocycles. The van der Waals surface area contributed by atoms with Gasteiger partial charge >= 0.3 is 0 Å². The van der Waals surface area contributed by atoms with Gasteiger partial charge in [0.05, 0.1) is 5.69 Å². The van der Waals surface area contributed by atoms with E-state index in [-0.39, 0.29) is 11.7 Å². The molecule has 0 saturated carbocycles. The molecule has 2 aromatic heterocycles. The van der Waals surface area contributed by atoms with Gasteiger partial charge in [-0.25, -0.2) is 9.97 Å². The summed E-state index contributed by atoms with van der Waals surface area (Å²) < 4.78 is 4.85. The summed E-state index contributed by atoms with van der Waals surface area (Å²) in [7, 11) is 3.42. The summed E-state index contributed by atoms with van der Waals surface area (Å²) in [6.07, 6.45) is 2.59. The number of amides is 1. The third-order valence-electron chi connectivity index (χ3n) is 4.51. The summed E-state index contributed by atoms with van der Waals surface area (Å²) in [5.74, 6) is 0.926. The second-order valence-electron chi connectivity index (χ2n) is 6.58. The Morgan fingerprint density at radius 3 is 2.88 bits per heavy atom. The van der Waals surface area contributed by atoms with Crippen molar-refractivity contribution in [2.45, 2.75) is 32.9 Å². The zero-order valence-corrected chi connectivity index (χ0v) is 15.1. The zero-order valence-electron chi connectivity index (χ0n) is 15.1. The number of carbonyl (C=O) groups excluding carboxylic acids is 1. The predicted molar refractivity (Wildman–Crippen MR) is 93.5 cm³/mol. The van der Waals surface area contributed by atoms with Crippen molar-refractivity contribution in [3.8, 4) is 0 Å². The molecule has 1 aliphatic rings. The van der Waals surface area contributed by atoms with E-state index in [1.165, 1.54) is 4.90 Å². The second-order valence-corrected chi connectivity index (χ2v) is 6.58. The zero-order chi connectivity index (χ0) is 18.0. The predicted octanol–water partition coefficient (Wildman–Crippen LogP) is 1.15. The van der Waals surface area contributed by atoms with E-state index in [9.17, 15) is 4.79 Å². The molecule has 8 nitrogen and oxygen atoms in total. The van der Waals surface area contributed by atoms with Crippen molar-refractivity contribution in [1.29, 1.82) is 0 Å². The molecule has 1 atom stereocenters. The maximum Gasteiger partial charge on any atom is 0.291 e. The largest absolute Gasteiger partial charge is 0.364 e. The van der Waals surface area contributed by atoms with Gasteiger partial charge < -0.3 is 19.6 Å². The highest BCUT2D eigenvalue weighted by molar-refractivity contribution is 5.90. The molecule has 3 rings (SSSR count). The maximum absolute atomic E-state index is 12.2. The fraction of sp³-hybridized carbons (Fsp3) is 0.529. The van der Waals surface area contributed by atoms with Crippen molar-refractivity contribution in [3.05, 3.63) is 35.1 Å². The van der Waals surface area contributed by atoms with E-state index in [1.807, 2.05) is 19.9 Å². The van der Waals surface area contributed by atoms with E-state index in [0.29, 0.717) is 12.6 Å². The van der Waals surface area contributed by atoms with Crippen LogP contribution in [0.3, 0.4) is 0 Å². The summed E-state index contributed by atoms with van der Waals surface area (Å²) in [6, 6.07) is 2.20. The first-order valence-corrected chi connectivity index (χ1v) is 8.40. The van der Waals surface area contributed by atoms with Gasteiger partial charge in [-0.1, -0.05) is 5.16 Å². The van der Waals surface area contributed by atoms with Crippen LogP contribution in [0.4, 0.5) is 5.82 Å². The van der Waals surface area contributed by atoms with Crippen molar-refractivity contribution in [1.82, 2.24) is 25.3 Å². The molecule has 1 amide bonds. The molecular weight excluding hydrogens is 320 g/mol. The van der Waals surface area contributed by atoms with Crippen LogP contribution >= 0.6 is 0 Å². The van der Waals surface area contributed by atoms with Crippen LogP contribution in [0.1, 0.15) is 34.0 Å². The summed E-state index contributed by atoms with van der Waals surface area (Å²) in [5, 5.41) is 7.40. The highest BCUT2D eigenvalue weighted by Crippen LogP contribution is 2.24. The Hall–Kier alpha value is -2.48. The molecule has 134 valence electrons. The summed E-state index contributed by atoms with van der Waals surface area (Å²) in [4.78, 5) is 24.8. The number of hydrogen-bond acceptors (Lipinski definition) is 7. The molecule has 0 aliphatic carbocycles. The van der Waals surface area contributed by atoms with Crippen LogP contribution < -0.4 is 10.2 Å². The maximum atomic E-state index is 12.2. The molecule has 1 fully saturated rings. The lowest BCUT2D eigenvalue weighted by Crippen LogP contribution is -2.33. The van der Waals surface area contributed by atoms with Crippen LogP contribution in [0, 0.1) is 13.8 Å². The van der Waals surface area contributed by atoms with Gasteiger partial charge in [0.2, 0.25) is 5.82 Å². The van der Waals surface area contributed by atoms with Crippen molar-refractivity contribution < 1.29 is 9.32 Å². The minimum atomic E-state index is -0.177. The van der Waals surface area contributed by atoms with Crippen molar-refractivity contribution in [2.75, 3.05) is 32.1 Å². The Bertz CT molecular complexity index is 744. The number of aryl methyl sites for hydroxylation is 1. The first-order chi connectivity index (χ1) is 12.0. The molecule has 0 radical (unpaired) electrons. The third kappa shape index (κ3) is 3.79. The molecule has 25 heavy (non-hydrogen) atoms. The fourth-order valence-electron chi connectivity index (χ4n) is 2.91. The standard InChI is InChI=1S/C17H24N6O2/c1-11-12(2)19-15(17(24)22(3)4)20-16(11)23-7-5-14(10-23)18-9-13-6-8-25-21-13/h6,8,14,18H,5,7,9-10H2,1-4H3/t14-/m1/s1. The average Bonchev–Trinajstić information content (AvgIpc) is 3.25. The van der Waals surface area contributed by atoms with Gasteiger partial charge in [-0.05, 0) is 20.3 Å². The molecule has 1 aliphatic heterocycles. The second kappa shape index (κ2) is 7.18. The highest BCUT2D eigenvalue weighted by Gasteiger charge is 2.26. The lowest BCUT2D eigenvalue weighted by molar-refractivity contribution is 0.0815. The Morgan fingerprint density at radius 1 is 1.40 bits per heavy atom. The van der Waals surface area contributed by atoms with E-state index in [0.717, 1.165) is 42.3 Å². The summed E-state index contributed by atoms with van der Waals surface area (Å²) >= 11 is 0. The van der Waals surface area contributed by atoms with E-state index in [1.54, 1.807) is 20.4 Å². The monoisotopic (exact) mass is 344 g/mol. The molecule has 0 spiro atoms. The molecule has 1 N–H and O–H groups in total. The van der Waals surface area contributed by atoms with E-state index in [4.69, 9.17) is 4.52 Å². The number of nitrogens with zero attached hydrogens (tertiary/aromatic N) is 5. The third-order valence-corrected chi connectivity index (χ3v) is 4.51. The van der Waals surface area contributed by atoms with Crippen LogP contribution in [-0.4, -0.2) is 59.2 Å². The highest BCUT2D eigenvalue weighted by atomic mass is 16.5. The number of nitrogens with one attached hydrogen (secondary N) is 1. The molecule has 2 aromatic rings. The van der Waals surface area contributed by atoms with Gasteiger partial charge in [0.1, 0.15) is 12.1 Å². The van der Waals surface area contributed by atoms with Crippen molar-refractivity contribution >= 4 is 11.7 Å². The average molecular weight is 344 g/mol. The van der Waals surface area contributed by atoms with Gasteiger partial charge in [0.25, 0.3) is 5.91 Å². The van der Waals surface area contributed by atoms with Gasteiger partial charge in [0, 0.05) is 57.1 Å². The van der Waals surface area contributed by atoms with E-state index in [2.05, 4.69) is 25.3 Å². The molecular formula is C17H24N6O2. The molecule has 0 unspecified atom stereocenters. The van der Waals surface area contributed by atoms with Crippen LogP contribution in [0.2, 0.25) is 0 Å². The number of rotatable bonds is 5. The number of aromatic nitrogens is 3.